The topological polar surface area (TPSA) is 92.6 Å². The van der Waals surface area contributed by atoms with Gasteiger partial charge < -0.3 is 0 Å². The first-order valence-corrected chi connectivity index (χ1v) is 10.8. The van der Waals surface area contributed by atoms with E-state index in [1.54, 1.807) is 7.05 Å². The molecule has 1 aliphatic rings. The van der Waals surface area contributed by atoms with Crippen LogP contribution in [0.1, 0.15) is 6.42 Å². The molecule has 0 aliphatic carbocycles. The molecule has 1 aromatic heterocycles. The van der Waals surface area contributed by atoms with Gasteiger partial charge in [-0.25, -0.2) is 21.2 Å². The van der Waals surface area contributed by atoms with E-state index in [0.717, 1.165) is 10.4 Å². The first kappa shape index (κ1) is 19.0. The first-order valence-electron chi connectivity index (χ1n) is 7.96. The maximum absolute atomic E-state index is 13.9. The maximum Gasteiger partial charge on any atom is 0.246 e. The summed E-state index contributed by atoms with van der Waals surface area (Å²) < 4.78 is 68.4. The van der Waals surface area contributed by atoms with Crippen LogP contribution >= 0.6 is 0 Å². The summed E-state index contributed by atoms with van der Waals surface area (Å²) in [5, 5.41) is 3.87. The summed E-state index contributed by atoms with van der Waals surface area (Å²) in [4.78, 5) is -0.339. The third-order valence-electron chi connectivity index (χ3n) is 4.19. The SMILES string of the molecule is Cn1cc(S(=O)(=O)N2CCCN(S(=O)(=O)c3ccccc3F)CC2)cn1. The Labute approximate surface area is 151 Å². The molecule has 2 heterocycles. The molecule has 2 aromatic rings. The zero-order valence-electron chi connectivity index (χ0n) is 14.1. The Balaban J connectivity index is 1.82. The number of aryl methyl sites for hydroxylation is 1. The lowest BCUT2D eigenvalue weighted by atomic mass is 10.3. The molecular formula is C15H19FN4O4S2. The van der Waals surface area contributed by atoms with Crippen molar-refractivity contribution in [3.8, 4) is 0 Å². The minimum atomic E-state index is -4.03. The van der Waals surface area contributed by atoms with E-state index in [4.69, 9.17) is 0 Å². The van der Waals surface area contributed by atoms with Crippen molar-refractivity contribution in [3.05, 3.63) is 42.5 Å². The first-order chi connectivity index (χ1) is 12.2. The van der Waals surface area contributed by atoms with E-state index in [1.165, 1.54) is 39.6 Å². The van der Waals surface area contributed by atoms with Gasteiger partial charge in [0.05, 0.1) is 6.20 Å². The number of halogens is 1. The summed E-state index contributed by atoms with van der Waals surface area (Å²) in [5.74, 6) is -0.823. The van der Waals surface area contributed by atoms with E-state index in [0.29, 0.717) is 6.42 Å². The number of hydrogen-bond donors (Lipinski definition) is 0. The van der Waals surface area contributed by atoms with Crippen molar-refractivity contribution >= 4 is 20.0 Å². The molecule has 1 aromatic carbocycles. The summed E-state index contributed by atoms with van der Waals surface area (Å²) in [6.45, 7) is 0.247. The third kappa shape index (κ3) is 3.52. The van der Waals surface area contributed by atoms with Gasteiger partial charge in [0, 0.05) is 39.4 Å². The van der Waals surface area contributed by atoms with Gasteiger partial charge in [-0.15, -0.1) is 0 Å². The van der Waals surface area contributed by atoms with Crippen molar-refractivity contribution in [2.75, 3.05) is 26.2 Å². The molecule has 11 heteroatoms. The second kappa shape index (κ2) is 7.06. The van der Waals surface area contributed by atoms with E-state index in [-0.39, 0.29) is 31.1 Å². The molecular weight excluding hydrogens is 383 g/mol. The van der Waals surface area contributed by atoms with Crippen molar-refractivity contribution in [1.29, 1.82) is 0 Å². The summed E-state index contributed by atoms with van der Waals surface area (Å²) in [6.07, 6.45) is 2.97. The summed E-state index contributed by atoms with van der Waals surface area (Å²) in [5.41, 5.74) is 0. The van der Waals surface area contributed by atoms with Gasteiger partial charge >= 0.3 is 0 Å². The highest BCUT2D eigenvalue weighted by Crippen LogP contribution is 2.22. The monoisotopic (exact) mass is 402 g/mol. The molecule has 1 fully saturated rings. The molecule has 0 amide bonds. The van der Waals surface area contributed by atoms with Crippen LogP contribution in [0.4, 0.5) is 4.39 Å². The van der Waals surface area contributed by atoms with Gasteiger partial charge in [0.1, 0.15) is 15.6 Å². The zero-order chi connectivity index (χ0) is 18.9. The average molecular weight is 402 g/mol. The normalized spacial score (nSPS) is 17.9. The predicted octanol–water partition coefficient (Wildman–Crippen LogP) is 0.644. The standard InChI is InChI=1S/C15H19FN4O4S2/c1-18-12-13(11-17-18)25(21,22)19-7-4-8-20(10-9-19)26(23,24)15-6-3-2-5-14(15)16/h2-3,5-6,11-12H,4,7-10H2,1H3. The van der Waals surface area contributed by atoms with E-state index in [2.05, 4.69) is 5.10 Å². The van der Waals surface area contributed by atoms with Crippen LogP contribution in [0, 0.1) is 5.82 Å². The van der Waals surface area contributed by atoms with Crippen LogP contribution in [0.2, 0.25) is 0 Å². The van der Waals surface area contributed by atoms with E-state index < -0.39 is 30.8 Å². The minimum Gasteiger partial charge on any atom is -0.274 e. The van der Waals surface area contributed by atoms with Crippen LogP contribution in [0.5, 0.6) is 0 Å². The van der Waals surface area contributed by atoms with Crippen LogP contribution in [-0.4, -0.2) is 61.4 Å². The largest absolute Gasteiger partial charge is 0.274 e. The van der Waals surface area contributed by atoms with Gasteiger partial charge in [-0.1, -0.05) is 12.1 Å². The Morgan fingerprint density at radius 2 is 1.58 bits per heavy atom. The molecule has 3 rings (SSSR count). The highest BCUT2D eigenvalue weighted by molar-refractivity contribution is 7.89. The fraction of sp³-hybridized carbons (Fsp3) is 0.400. The van der Waals surface area contributed by atoms with Crippen molar-refractivity contribution in [3.63, 3.8) is 0 Å². The Morgan fingerprint density at radius 3 is 2.15 bits per heavy atom. The molecule has 0 radical (unpaired) electrons. The maximum atomic E-state index is 13.9. The smallest absolute Gasteiger partial charge is 0.246 e. The Morgan fingerprint density at radius 1 is 0.962 bits per heavy atom. The van der Waals surface area contributed by atoms with Crippen LogP contribution in [0.3, 0.4) is 0 Å². The van der Waals surface area contributed by atoms with E-state index in [9.17, 15) is 21.2 Å². The van der Waals surface area contributed by atoms with Gasteiger partial charge in [0.15, 0.2) is 0 Å². The number of hydrogen-bond acceptors (Lipinski definition) is 5. The molecule has 0 atom stereocenters. The molecule has 1 saturated heterocycles. The number of benzene rings is 1. The second-order valence-corrected chi connectivity index (χ2v) is 9.79. The fourth-order valence-corrected chi connectivity index (χ4v) is 5.82. The van der Waals surface area contributed by atoms with Crippen molar-refractivity contribution in [2.24, 2.45) is 7.05 Å². The van der Waals surface area contributed by atoms with Crippen LogP contribution in [0.25, 0.3) is 0 Å². The molecule has 8 nitrogen and oxygen atoms in total. The van der Waals surface area contributed by atoms with E-state index >= 15 is 0 Å². The Kier molecular flexibility index (Phi) is 5.15. The molecule has 0 unspecified atom stereocenters. The lowest BCUT2D eigenvalue weighted by molar-refractivity contribution is 0.402. The third-order valence-corrected chi connectivity index (χ3v) is 7.97. The van der Waals surface area contributed by atoms with Crippen LogP contribution < -0.4 is 0 Å². The van der Waals surface area contributed by atoms with Crippen LogP contribution in [-0.2, 0) is 27.1 Å². The summed E-state index contributed by atoms with van der Waals surface area (Å²) in [7, 11) is -6.16. The van der Waals surface area contributed by atoms with E-state index in [1.807, 2.05) is 0 Å². The molecule has 26 heavy (non-hydrogen) atoms. The molecule has 0 spiro atoms. The Hall–Kier alpha value is -1.82. The zero-order valence-corrected chi connectivity index (χ0v) is 15.7. The predicted molar refractivity (Wildman–Crippen MR) is 91.7 cm³/mol. The average Bonchev–Trinajstić information content (AvgIpc) is 2.88. The van der Waals surface area contributed by atoms with Gasteiger partial charge in [-0.2, -0.15) is 13.7 Å². The van der Waals surface area contributed by atoms with Gasteiger partial charge in [0.25, 0.3) is 0 Å². The van der Waals surface area contributed by atoms with Gasteiger partial charge in [-0.3, -0.25) is 4.68 Å². The summed E-state index contributed by atoms with van der Waals surface area (Å²) in [6, 6.07) is 5.16. The highest BCUT2D eigenvalue weighted by atomic mass is 32.2. The quantitative estimate of drug-likeness (QED) is 0.749. The number of rotatable bonds is 4. The molecule has 0 N–H and O–H groups in total. The van der Waals surface area contributed by atoms with Crippen molar-refractivity contribution in [1.82, 2.24) is 18.4 Å². The molecule has 1 aliphatic heterocycles. The number of sulfonamides is 2. The molecule has 142 valence electrons. The fourth-order valence-electron chi connectivity index (χ4n) is 2.82. The van der Waals surface area contributed by atoms with Crippen molar-refractivity contribution in [2.45, 2.75) is 16.2 Å². The van der Waals surface area contributed by atoms with Gasteiger partial charge in [-0.05, 0) is 18.6 Å². The number of aromatic nitrogens is 2. The molecule has 0 bridgehead atoms. The highest BCUT2D eigenvalue weighted by Gasteiger charge is 2.33. The number of nitrogens with zero attached hydrogens (tertiary/aromatic N) is 4. The summed E-state index contributed by atoms with van der Waals surface area (Å²) >= 11 is 0. The second-order valence-electron chi connectivity index (χ2n) is 5.94. The van der Waals surface area contributed by atoms with Gasteiger partial charge in [0.2, 0.25) is 20.0 Å². The Bertz CT molecular complexity index is 1000. The molecule has 0 saturated carbocycles. The lowest BCUT2D eigenvalue weighted by Gasteiger charge is -2.21. The van der Waals surface area contributed by atoms with Crippen LogP contribution in [0.15, 0.2) is 46.5 Å². The lowest BCUT2D eigenvalue weighted by Crippen LogP contribution is -2.37. The minimum absolute atomic E-state index is 0.00902. The van der Waals surface area contributed by atoms with Crippen molar-refractivity contribution < 1.29 is 21.2 Å².